The number of nitrogens with one attached hydrogen (secondary N) is 1. The van der Waals surface area contributed by atoms with Crippen molar-refractivity contribution in [3.8, 4) is 0 Å². The van der Waals surface area contributed by atoms with Gasteiger partial charge in [0.1, 0.15) is 0 Å². The maximum atomic E-state index is 11.9. The van der Waals surface area contributed by atoms with Gasteiger partial charge in [-0.25, -0.2) is 0 Å². The third-order valence-electron chi connectivity index (χ3n) is 2.07. The molecule has 0 aliphatic carbocycles. The minimum Gasteiger partial charge on any atom is -0.347 e. The number of hydrogen-bond donors (Lipinski definition) is 1. The molecule has 0 unspecified atom stereocenters. The zero-order valence-electron chi connectivity index (χ0n) is 10.7. The molecule has 0 aliphatic rings. The first-order valence-corrected chi connectivity index (χ1v) is 5.36. The maximum absolute atomic E-state index is 11.9. The van der Waals surface area contributed by atoms with Crippen LogP contribution in [0.15, 0.2) is 18.2 Å². The smallest absolute Gasteiger partial charge is 0.277 e. The highest BCUT2D eigenvalue weighted by molar-refractivity contribution is 5.96. The Balaban J connectivity index is 3.23. The van der Waals surface area contributed by atoms with Gasteiger partial charge in [-0.05, 0) is 20.8 Å². The number of nitrogens with zero attached hydrogens (tertiary/aromatic N) is 2. The lowest BCUT2D eigenvalue weighted by molar-refractivity contribution is -0.394. The number of hydrogen-bond acceptors (Lipinski definition) is 5. The molecule has 0 atom stereocenters. The van der Waals surface area contributed by atoms with E-state index in [4.69, 9.17) is 0 Å². The van der Waals surface area contributed by atoms with E-state index in [-0.39, 0.29) is 5.56 Å². The van der Waals surface area contributed by atoms with Crippen LogP contribution >= 0.6 is 0 Å². The Bertz CT molecular complexity index is 516. The van der Waals surface area contributed by atoms with Gasteiger partial charge in [-0.2, -0.15) is 0 Å². The highest BCUT2D eigenvalue weighted by Gasteiger charge is 2.22. The lowest BCUT2D eigenvalue weighted by Crippen LogP contribution is -2.40. The first kappa shape index (κ1) is 14.6. The van der Waals surface area contributed by atoms with Crippen molar-refractivity contribution >= 4 is 17.3 Å². The molecular formula is C11H13N3O5. The highest BCUT2D eigenvalue weighted by Crippen LogP contribution is 2.23. The van der Waals surface area contributed by atoms with Gasteiger partial charge in [-0.1, -0.05) is 0 Å². The van der Waals surface area contributed by atoms with Crippen molar-refractivity contribution in [3.63, 3.8) is 0 Å². The lowest BCUT2D eigenvalue weighted by Gasteiger charge is -2.20. The molecular weight excluding hydrogens is 254 g/mol. The summed E-state index contributed by atoms with van der Waals surface area (Å²) in [4.78, 5) is 31.7. The van der Waals surface area contributed by atoms with Crippen molar-refractivity contribution in [1.29, 1.82) is 0 Å². The van der Waals surface area contributed by atoms with Crippen LogP contribution in [-0.4, -0.2) is 21.3 Å². The summed E-state index contributed by atoms with van der Waals surface area (Å²) in [5, 5.41) is 24.0. The second-order valence-electron chi connectivity index (χ2n) is 4.96. The molecule has 0 saturated heterocycles. The lowest BCUT2D eigenvalue weighted by atomic mass is 10.1. The van der Waals surface area contributed by atoms with Gasteiger partial charge in [0.05, 0.1) is 21.5 Å². The van der Waals surface area contributed by atoms with Crippen LogP contribution in [0.4, 0.5) is 11.4 Å². The molecule has 0 saturated carbocycles. The predicted molar refractivity (Wildman–Crippen MR) is 67.0 cm³/mol. The molecule has 8 heteroatoms. The topological polar surface area (TPSA) is 115 Å². The molecule has 0 fully saturated rings. The largest absolute Gasteiger partial charge is 0.347 e. The molecule has 1 aromatic rings. The first-order chi connectivity index (χ1) is 8.60. The number of nitro benzene ring substituents is 2. The minimum absolute atomic E-state index is 0.115. The van der Waals surface area contributed by atoms with Crippen molar-refractivity contribution < 1.29 is 14.6 Å². The van der Waals surface area contributed by atoms with Crippen LogP contribution < -0.4 is 5.32 Å². The Morgan fingerprint density at radius 2 is 1.47 bits per heavy atom. The van der Waals surface area contributed by atoms with Gasteiger partial charge in [0.15, 0.2) is 0 Å². The van der Waals surface area contributed by atoms with E-state index in [2.05, 4.69) is 5.32 Å². The fourth-order valence-electron chi connectivity index (χ4n) is 1.35. The van der Waals surface area contributed by atoms with Crippen LogP contribution in [0, 0.1) is 20.2 Å². The molecule has 8 nitrogen and oxygen atoms in total. The zero-order valence-corrected chi connectivity index (χ0v) is 10.7. The summed E-state index contributed by atoms with van der Waals surface area (Å²) in [5.41, 5.74) is -1.64. The molecule has 102 valence electrons. The number of carbonyl (C=O) groups is 1. The van der Waals surface area contributed by atoms with Gasteiger partial charge in [-0.3, -0.25) is 25.0 Å². The minimum atomic E-state index is -0.777. The average molecular weight is 267 g/mol. The number of carbonyl (C=O) groups excluding carboxylic acids is 1. The van der Waals surface area contributed by atoms with E-state index >= 15 is 0 Å². The Hall–Kier alpha value is -2.51. The van der Waals surface area contributed by atoms with Gasteiger partial charge >= 0.3 is 0 Å². The van der Waals surface area contributed by atoms with Crippen LogP contribution in [-0.2, 0) is 0 Å². The molecule has 0 radical (unpaired) electrons. The second kappa shape index (κ2) is 5.01. The first-order valence-electron chi connectivity index (χ1n) is 5.36. The molecule has 1 N–H and O–H groups in total. The van der Waals surface area contributed by atoms with Gasteiger partial charge < -0.3 is 5.32 Å². The molecule has 0 heterocycles. The normalized spacial score (nSPS) is 10.9. The average Bonchev–Trinajstić information content (AvgIpc) is 2.25. The Morgan fingerprint density at radius 1 is 1.05 bits per heavy atom. The summed E-state index contributed by atoms with van der Waals surface area (Å²) in [5.74, 6) is -0.598. The van der Waals surface area contributed by atoms with E-state index in [0.717, 1.165) is 18.2 Å². The Kier molecular flexibility index (Phi) is 3.83. The van der Waals surface area contributed by atoms with E-state index in [1.165, 1.54) is 0 Å². The van der Waals surface area contributed by atoms with Gasteiger partial charge in [-0.15, -0.1) is 0 Å². The van der Waals surface area contributed by atoms with E-state index in [0.29, 0.717) is 0 Å². The van der Waals surface area contributed by atoms with Gasteiger partial charge in [0, 0.05) is 17.7 Å². The Labute approximate surface area is 108 Å². The second-order valence-corrected chi connectivity index (χ2v) is 4.96. The van der Waals surface area contributed by atoms with E-state index in [1.54, 1.807) is 20.8 Å². The van der Waals surface area contributed by atoms with Gasteiger partial charge in [0.2, 0.25) is 0 Å². The van der Waals surface area contributed by atoms with Crippen molar-refractivity contribution in [3.05, 3.63) is 44.0 Å². The molecule has 0 aromatic heterocycles. The number of nitro groups is 2. The fourth-order valence-corrected chi connectivity index (χ4v) is 1.35. The third kappa shape index (κ3) is 4.02. The summed E-state index contributed by atoms with van der Waals surface area (Å²) in [6, 6.07) is 2.83. The van der Waals surface area contributed by atoms with E-state index in [1.807, 2.05) is 0 Å². The zero-order chi connectivity index (χ0) is 14.8. The predicted octanol–water partition coefficient (Wildman–Crippen LogP) is 2.03. The van der Waals surface area contributed by atoms with E-state index in [9.17, 15) is 25.0 Å². The summed E-state index contributed by atoms with van der Waals surface area (Å²) < 4.78 is 0. The molecule has 1 aromatic carbocycles. The van der Waals surface area contributed by atoms with Gasteiger partial charge in [0.25, 0.3) is 17.3 Å². The molecule has 0 spiro atoms. The van der Waals surface area contributed by atoms with Crippen LogP contribution in [0.1, 0.15) is 31.1 Å². The summed E-state index contributed by atoms with van der Waals surface area (Å²) in [7, 11) is 0. The van der Waals surface area contributed by atoms with E-state index < -0.39 is 32.7 Å². The molecule has 0 aliphatic heterocycles. The van der Waals surface area contributed by atoms with Crippen LogP contribution in [0.25, 0.3) is 0 Å². The van der Waals surface area contributed by atoms with Crippen molar-refractivity contribution in [2.75, 3.05) is 0 Å². The molecule has 19 heavy (non-hydrogen) atoms. The van der Waals surface area contributed by atoms with Crippen LogP contribution in [0.2, 0.25) is 0 Å². The van der Waals surface area contributed by atoms with Crippen LogP contribution in [0.5, 0.6) is 0 Å². The number of amides is 1. The third-order valence-corrected chi connectivity index (χ3v) is 2.07. The fraction of sp³-hybridized carbons (Fsp3) is 0.364. The summed E-state index contributed by atoms with van der Waals surface area (Å²) in [6.45, 7) is 5.20. The maximum Gasteiger partial charge on any atom is 0.277 e. The monoisotopic (exact) mass is 267 g/mol. The molecule has 1 rings (SSSR count). The number of rotatable bonds is 3. The Morgan fingerprint density at radius 3 is 1.79 bits per heavy atom. The summed E-state index contributed by atoms with van der Waals surface area (Å²) >= 11 is 0. The molecule has 0 bridgehead atoms. The number of benzene rings is 1. The summed E-state index contributed by atoms with van der Waals surface area (Å²) in [6.07, 6.45) is 0. The highest BCUT2D eigenvalue weighted by atomic mass is 16.6. The quantitative estimate of drug-likeness (QED) is 0.664. The van der Waals surface area contributed by atoms with Crippen molar-refractivity contribution in [2.24, 2.45) is 0 Å². The van der Waals surface area contributed by atoms with Crippen LogP contribution in [0.3, 0.4) is 0 Å². The molecule has 1 amide bonds. The standard InChI is InChI=1S/C11H13N3O5/c1-11(2,3)12-10(15)7-4-8(13(16)17)6-9(5-7)14(18)19/h4-6H,1-3H3,(H,12,15). The number of non-ortho nitro benzene ring substituents is 2. The SMILES string of the molecule is CC(C)(C)NC(=O)c1cc([N+](=O)[O-])cc([N+](=O)[O-])c1. The van der Waals surface area contributed by atoms with Crippen molar-refractivity contribution in [2.45, 2.75) is 26.3 Å². The van der Waals surface area contributed by atoms with Crippen molar-refractivity contribution in [1.82, 2.24) is 5.32 Å².